The third-order valence-electron chi connectivity index (χ3n) is 5.08. The van der Waals surface area contributed by atoms with Gasteiger partial charge in [0.15, 0.2) is 0 Å². The molecular weight excluding hydrogens is 445 g/mol. The van der Waals surface area contributed by atoms with E-state index in [9.17, 15) is 4.79 Å². The van der Waals surface area contributed by atoms with Gasteiger partial charge in [0.1, 0.15) is 18.1 Å². The molecule has 32 heavy (non-hydrogen) atoms. The second-order valence-electron chi connectivity index (χ2n) is 8.48. The van der Waals surface area contributed by atoms with Crippen LogP contribution < -0.4 is 14.8 Å². The van der Waals surface area contributed by atoms with Gasteiger partial charge in [0.05, 0.1) is 7.11 Å². The van der Waals surface area contributed by atoms with Gasteiger partial charge in [-0.25, -0.2) is 0 Å². The smallest absolute Gasteiger partial charge is 0.251 e. The summed E-state index contributed by atoms with van der Waals surface area (Å²) < 4.78 is 11.6. The average molecular weight is 472 g/mol. The van der Waals surface area contributed by atoms with Crippen molar-refractivity contribution in [3.63, 3.8) is 0 Å². The molecule has 0 aliphatic heterocycles. The number of ether oxygens (including phenoxy) is 2. The Morgan fingerprint density at radius 3 is 2.38 bits per heavy atom. The van der Waals surface area contributed by atoms with Crippen LogP contribution in [-0.2, 0) is 18.6 Å². The van der Waals surface area contributed by atoms with E-state index in [1.165, 1.54) is 0 Å². The van der Waals surface area contributed by atoms with Crippen molar-refractivity contribution < 1.29 is 14.3 Å². The first-order valence-electron chi connectivity index (χ1n) is 10.3. The normalized spacial score (nSPS) is 11.2. The van der Waals surface area contributed by atoms with Crippen molar-refractivity contribution in [2.75, 3.05) is 7.11 Å². The number of carbonyl (C=O) groups excluding carboxylic acids is 1. The summed E-state index contributed by atoms with van der Waals surface area (Å²) in [6, 6.07) is 18.5. The quantitative estimate of drug-likeness (QED) is 0.411. The molecular formula is C26H27Cl2NO3. The highest BCUT2D eigenvalue weighted by Crippen LogP contribution is 2.32. The van der Waals surface area contributed by atoms with Gasteiger partial charge in [-0.15, -0.1) is 0 Å². The highest BCUT2D eigenvalue weighted by atomic mass is 35.5. The maximum absolute atomic E-state index is 12.7. The second kappa shape index (κ2) is 10.3. The van der Waals surface area contributed by atoms with E-state index in [4.69, 9.17) is 32.7 Å². The first-order valence-corrected chi connectivity index (χ1v) is 11.1. The molecule has 1 N–H and O–H groups in total. The lowest BCUT2D eigenvalue weighted by Crippen LogP contribution is -2.23. The fourth-order valence-electron chi connectivity index (χ4n) is 3.34. The maximum Gasteiger partial charge on any atom is 0.251 e. The average Bonchev–Trinajstić information content (AvgIpc) is 2.76. The predicted molar refractivity (Wildman–Crippen MR) is 130 cm³/mol. The van der Waals surface area contributed by atoms with Crippen LogP contribution in [0.2, 0.25) is 10.0 Å². The van der Waals surface area contributed by atoms with Crippen LogP contribution in [0.1, 0.15) is 47.8 Å². The summed E-state index contributed by atoms with van der Waals surface area (Å²) in [5, 5.41) is 3.96. The van der Waals surface area contributed by atoms with E-state index in [1.54, 1.807) is 43.5 Å². The molecule has 4 nitrogen and oxygen atoms in total. The Kier molecular flexibility index (Phi) is 7.70. The molecule has 3 aromatic rings. The first-order chi connectivity index (χ1) is 15.2. The molecule has 0 aromatic heterocycles. The molecule has 0 saturated carbocycles. The number of nitrogens with one attached hydrogen (secondary N) is 1. The van der Waals surface area contributed by atoms with Gasteiger partial charge in [-0.05, 0) is 52.9 Å². The highest BCUT2D eigenvalue weighted by molar-refractivity contribution is 6.35. The molecule has 0 aliphatic rings. The molecule has 168 valence electrons. The third kappa shape index (κ3) is 5.96. The fourth-order valence-corrected chi connectivity index (χ4v) is 3.82. The Hall–Kier alpha value is -2.69. The van der Waals surface area contributed by atoms with Crippen LogP contribution in [0.25, 0.3) is 0 Å². The summed E-state index contributed by atoms with van der Waals surface area (Å²) >= 11 is 12.1. The van der Waals surface area contributed by atoms with Crippen LogP contribution in [0.15, 0.2) is 60.7 Å². The Balaban J connectivity index is 1.75. The van der Waals surface area contributed by atoms with Crippen molar-refractivity contribution >= 4 is 29.1 Å². The van der Waals surface area contributed by atoms with Crippen molar-refractivity contribution in [3.8, 4) is 11.5 Å². The molecule has 0 aliphatic carbocycles. The maximum atomic E-state index is 12.7. The number of methoxy groups -OCH3 is 1. The van der Waals surface area contributed by atoms with E-state index in [2.05, 4.69) is 32.2 Å². The van der Waals surface area contributed by atoms with E-state index in [-0.39, 0.29) is 17.9 Å². The predicted octanol–water partition coefficient (Wildman–Crippen LogP) is 6.81. The van der Waals surface area contributed by atoms with Crippen molar-refractivity contribution in [1.82, 2.24) is 5.32 Å². The van der Waals surface area contributed by atoms with Crippen LogP contribution in [0, 0.1) is 0 Å². The lowest BCUT2D eigenvalue weighted by Gasteiger charge is -2.23. The number of hydrogen-bond acceptors (Lipinski definition) is 3. The van der Waals surface area contributed by atoms with E-state index in [0.29, 0.717) is 27.9 Å². The Labute approximate surface area is 199 Å². The summed E-state index contributed by atoms with van der Waals surface area (Å²) in [5.74, 6) is 1.26. The number of carbonyl (C=O) groups is 1. The zero-order valence-corrected chi connectivity index (χ0v) is 20.2. The molecule has 0 unspecified atom stereocenters. The van der Waals surface area contributed by atoms with Gasteiger partial charge < -0.3 is 14.8 Å². The van der Waals surface area contributed by atoms with Crippen LogP contribution >= 0.6 is 23.2 Å². The van der Waals surface area contributed by atoms with Gasteiger partial charge in [0, 0.05) is 27.7 Å². The number of benzene rings is 3. The lowest BCUT2D eigenvalue weighted by atomic mass is 9.86. The van der Waals surface area contributed by atoms with Gasteiger partial charge in [-0.3, -0.25) is 4.79 Å². The highest BCUT2D eigenvalue weighted by Gasteiger charge is 2.19. The zero-order valence-electron chi connectivity index (χ0n) is 18.7. The number of amides is 1. The van der Waals surface area contributed by atoms with Gasteiger partial charge in [-0.1, -0.05) is 68.2 Å². The minimum atomic E-state index is -0.213. The van der Waals surface area contributed by atoms with E-state index < -0.39 is 0 Å². The topological polar surface area (TPSA) is 47.6 Å². The summed E-state index contributed by atoms with van der Waals surface area (Å²) in [5.41, 5.74) is 3.16. The molecule has 3 rings (SSSR count). The van der Waals surface area contributed by atoms with Crippen LogP contribution in [0.5, 0.6) is 11.5 Å². The minimum absolute atomic E-state index is 0.0502. The number of hydrogen-bond donors (Lipinski definition) is 1. The molecule has 1 amide bonds. The molecule has 0 atom stereocenters. The van der Waals surface area contributed by atoms with Crippen LogP contribution in [0.3, 0.4) is 0 Å². The van der Waals surface area contributed by atoms with E-state index in [0.717, 1.165) is 22.4 Å². The number of para-hydroxylation sites is 1. The van der Waals surface area contributed by atoms with Crippen molar-refractivity contribution in [2.45, 2.75) is 39.3 Å². The molecule has 3 aromatic carbocycles. The van der Waals surface area contributed by atoms with Crippen molar-refractivity contribution in [2.24, 2.45) is 0 Å². The van der Waals surface area contributed by atoms with Crippen molar-refractivity contribution in [3.05, 3.63) is 93.0 Å². The Morgan fingerprint density at radius 2 is 1.69 bits per heavy atom. The standard InChI is InChI=1S/C26H27Cl2NO3/c1-26(2,3)21-7-5-6-8-24(21)32-16-19-13-17(10-12-23(19)31-4)25(30)29-15-18-9-11-20(27)14-22(18)28/h5-14H,15-16H2,1-4H3,(H,29,30). The van der Waals surface area contributed by atoms with Crippen molar-refractivity contribution in [1.29, 1.82) is 0 Å². The molecule has 0 spiro atoms. The van der Waals surface area contributed by atoms with E-state index in [1.807, 2.05) is 18.2 Å². The third-order valence-corrected chi connectivity index (χ3v) is 5.66. The van der Waals surface area contributed by atoms with Gasteiger partial charge in [0.25, 0.3) is 5.91 Å². The van der Waals surface area contributed by atoms with Crippen LogP contribution in [-0.4, -0.2) is 13.0 Å². The van der Waals surface area contributed by atoms with Gasteiger partial charge in [-0.2, -0.15) is 0 Å². The largest absolute Gasteiger partial charge is 0.496 e. The summed E-state index contributed by atoms with van der Waals surface area (Å²) in [4.78, 5) is 12.7. The lowest BCUT2D eigenvalue weighted by molar-refractivity contribution is 0.0950. The Morgan fingerprint density at radius 1 is 0.938 bits per heavy atom. The molecule has 0 radical (unpaired) electrons. The molecule has 0 saturated heterocycles. The van der Waals surface area contributed by atoms with Crippen LogP contribution in [0.4, 0.5) is 0 Å². The van der Waals surface area contributed by atoms with E-state index >= 15 is 0 Å². The second-order valence-corrected chi connectivity index (χ2v) is 9.32. The number of halogens is 2. The van der Waals surface area contributed by atoms with Gasteiger partial charge >= 0.3 is 0 Å². The SMILES string of the molecule is COc1ccc(C(=O)NCc2ccc(Cl)cc2Cl)cc1COc1ccccc1C(C)(C)C. The number of rotatable bonds is 7. The molecule has 6 heteroatoms. The minimum Gasteiger partial charge on any atom is -0.496 e. The summed E-state index contributed by atoms with van der Waals surface area (Å²) in [6.07, 6.45) is 0. The molecule has 0 heterocycles. The molecule has 0 fully saturated rings. The summed E-state index contributed by atoms with van der Waals surface area (Å²) in [7, 11) is 1.60. The monoisotopic (exact) mass is 471 g/mol. The fraction of sp³-hybridized carbons (Fsp3) is 0.269. The van der Waals surface area contributed by atoms with Gasteiger partial charge in [0.2, 0.25) is 0 Å². The zero-order chi connectivity index (χ0) is 23.3. The molecule has 0 bridgehead atoms. The Bertz CT molecular complexity index is 1110. The summed E-state index contributed by atoms with van der Waals surface area (Å²) in [6.45, 7) is 7.01. The first kappa shape index (κ1) is 24.0.